The van der Waals surface area contributed by atoms with E-state index in [-0.39, 0.29) is 43.5 Å². The summed E-state index contributed by atoms with van der Waals surface area (Å²) in [6, 6.07) is 13.3. The van der Waals surface area contributed by atoms with Crippen LogP contribution in [0.25, 0.3) is 0 Å². The maximum absolute atomic E-state index is 13.2. The Labute approximate surface area is 210 Å². The van der Waals surface area contributed by atoms with Crippen molar-refractivity contribution in [3.05, 3.63) is 53.6 Å². The van der Waals surface area contributed by atoms with Crippen molar-refractivity contribution in [3.63, 3.8) is 0 Å². The van der Waals surface area contributed by atoms with Crippen molar-refractivity contribution in [2.45, 2.75) is 38.4 Å². The highest BCUT2D eigenvalue weighted by Gasteiger charge is 2.42. The standard InChI is InChI=1S/C27H30N4O5/c32-25-2-1-9-30(25)21-6-3-19(4-7-21)17-31-26(33)15-22(27(31)34)29-12-10-28(11-13-29)16-20-5-8-23-24(14-20)36-18-35-23/h3-8,14,22H,1-2,9-13,15-18H2/t22-/m0/s1. The number of hydrogen-bond donors (Lipinski definition) is 0. The highest BCUT2D eigenvalue weighted by Crippen LogP contribution is 2.33. The largest absolute Gasteiger partial charge is 0.454 e. The summed E-state index contributed by atoms with van der Waals surface area (Å²) in [7, 11) is 0. The smallest absolute Gasteiger partial charge is 0.247 e. The van der Waals surface area contributed by atoms with Crippen LogP contribution in [-0.4, -0.2) is 78.0 Å². The Bertz CT molecular complexity index is 1180. The van der Waals surface area contributed by atoms with Crippen molar-refractivity contribution in [3.8, 4) is 11.5 Å². The number of hydrogen-bond acceptors (Lipinski definition) is 7. The third-order valence-corrected chi connectivity index (χ3v) is 7.57. The molecule has 3 saturated heterocycles. The van der Waals surface area contributed by atoms with Crippen LogP contribution in [0.2, 0.25) is 0 Å². The molecule has 0 aliphatic carbocycles. The van der Waals surface area contributed by atoms with E-state index in [9.17, 15) is 14.4 Å². The first-order valence-corrected chi connectivity index (χ1v) is 12.6. The number of amides is 3. The van der Waals surface area contributed by atoms with Gasteiger partial charge in [-0.2, -0.15) is 0 Å². The molecule has 0 N–H and O–H groups in total. The number of benzene rings is 2. The van der Waals surface area contributed by atoms with Gasteiger partial charge in [-0.05, 0) is 41.8 Å². The van der Waals surface area contributed by atoms with Crippen LogP contribution in [0.5, 0.6) is 11.5 Å². The Kier molecular flexibility index (Phi) is 6.10. The summed E-state index contributed by atoms with van der Waals surface area (Å²) in [6.07, 6.45) is 1.71. The van der Waals surface area contributed by atoms with Gasteiger partial charge in [-0.25, -0.2) is 0 Å². The lowest BCUT2D eigenvalue weighted by Crippen LogP contribution is -2.52. The van der Waals surface area contributed by atoms with Gasteiger partial charge in [0, 0.05) is 51.4 Å². The summed E-state index contributed by atoms with van der Waals surface area (Å²) in [4.78, 5) is 45.6. The van der Waals surface area contributed by atoms with Crippen molar-refractivity contribution in [2.24, 2.45) is 0 Å². The van der Waals surface area contributed by atoms with Crippen LogP contribution in [0.15, 0.2) is 42.5 Å². The average molecular weight is 491 g/mol. The Morgan fingerprint density at radius 3 is 2.28 bits per heavy atom. The van der Waals surface area contributed by atoms with Crippen LogP contribution in [0.4, 0.5) is 5.69 Å². The van der Waals surface area contributed by atoms with Crippen LogP contribution < -0.4 is 14.4 Å². The maximum Gasteiger partial charge on any atom is 0.247 e. The van der Waals surface area contributed by atoms with Crippen molar-refractivity contribution < 1.29 is 23.9 Å². The summed E-state index contributed by atoms with van der Waals surface area (Å²) in [5, 5.41) is 0. The Morgan fingerprint density at radius 1 is 0.778 bits per heavy atom. The number of carbonyl (C=O) groups excluding carboxylic acids is 3. The molecule has 188 valence electrons. The fraction of sp³-hybridized carbons (Fsp3) is 0.444. The van der Waals surface area contributed by atoms with Gasteiger partial charge in [0.25, 0.3) is 0 Å². The molecule has 0 bridgehead atoms. The SMILES string of the molecule is O=C1C[C@H](N2CCN(Cc3ccc4c(c3)OCO4)CC2)C(=O)N1Cc1ccc(N2CCCC2=O)cc1. The van der Waals surface area contributed by atoms with Gasteiger partial charge in [0.1, 0.15) is 0 Å². The molecular weight excluding hydrogens is 460 g/mol. The van der Waals surface area contributed by atoms with E-state index in [4.69, 9.17) is 9.47 Å². The Balaban J connectivity index is 1.03. The number of likely N-dealkylation sites (tertiary alicyclic amines) is 1. The second-order valence-electron chi connectivity index (χ2n) is 9.85. The zero-order chi connectivity index (χ0) is 24.6. The molecule has 0 unspecified atom stereocenters. The summed E-state index contributed by atoms with van der Waals surface area (Å²) in [5.74, 6) is 1.50. The fourth-order valence-electron chi connectivity index (χ4n) is 5.53. The molecule has 4 aliphatic rings. The minimum atomic E-state index is -0.383. The minimum absolute atomic E-state index is 0.108. The van der Waals surface area contributed by atoms with Gasteiger partial charge < -0.3 is 14.4 Å². The normalized spacial score (nSPS) is 22.8. The molecular formula is C27H30N4O5. The number of fused-ring (bicyclic) bond motifs is 1. The lowest BCUT2D eigenvalue weighted by atomic mass is 10.1. The van der Waals surface area contributed by atoms with Crippen LogP contribution in [0.3, 0.4) is 0 Å². The number of piperazine rings is 1. The Hall–Kier alpha value is -3.43. The van der Waals surface area contributed by atoms with E-state index in [1.165, 1.54) is 10.5 Å². The first-order valence-electron chi connectivity index (χ1n) is 12.6. The summed E-state index contributed by atoms with van der Waals surface area (Å²) in [6.45, 7) is 5.27. The lowest BCUT2D eigenvalue weighted by molar-refractivity contribution is -0.140. The summed E-state index contributed by atoms with van der Waals surface area (Å²) in [5.41, 5.74) is 2.93. The maximum atomic E-state index is 13.2. The fourth-order valence-corrected chi connectivity index (χ4v) is 5.53. The van der Waals surface area contributed by atoms with Crippen LogP contribution in [0.1, 0.15) is 30.4 Å². The molecule has 9 heteroatoms. The van der Waals surface area contributed by atoms with E-state index in [0.29, 0.717) is 6.42 Å². The Morgan fingerprint density at radius 2 is 1.53 bits per heavy atom. The van der Waals surface area contributed by atoms with Crippen LogP contribution in [-0.2, 0) is 27.5 Å². The van der Waals surface area contributed by atoms with Crippen molar-refractivity contribution in [1.82, 2.24) is 14.7 Å². The molecule has 1 atom stereocenters. The van der Waals surface area contributed by atoms with E-state index in [0.717, 1.165) is 68.4 Å². The zero-order valence-electron chi connectivity index (χ0n) is 20.2. The molecule has 4 aliphatic heterocycles. The van der Waals surface area contributed by atoms with Crippen LogP contribution >= 0.6 is 0 Å². The molecule has 0 aromatic heterocycles. The first-order chi connectivity index (χ1) is 17.5. The van der Waals surface area contributed by atoms with Gasteiger partial charge in [-0.3, -0.25) is 29.1 Å². The number of imide groups is 1. The van der Waals surface area contributed by atoms with Crippen LogP contribution in [0, 0.1) is 0 Å². The highest BCUT2D eigenvalue weighted by molar-refractivity contribution is 6.05. The van der Waals surface area contributed by atoms with Gasteiger partial charge in [-0.1, -0.05) is 18.2 Å². The lowest BCUT2D eigenvalue weighted by Gasteiger charge is -2.37. The van der Waals surface area contributed by atoms with Crippen molar-refractivity contribution >= 4 is 23.4 Å². The zero-order valence-corrected chi connectivity index (χ0v) is 20.2. The van der Waals surface area contributed by atoms with Crippen molar-refractivity contribution in [1.29, 1.82) is 0 Å². The predicted octanol–water partition coefficient (Wildman–Crippen LogP) is 1.99. The van der Waals surface area contributed by atoms with Gasteiger partial charge in [0.15, 0.2) is 11.5 Å². The van der Waals surface area contributed by atoms with E-state index in [1.807, 2.05) is 36.4 Å². The molecule has 3 amide bonds. The predicted molar refractivity (Wildman–Crippen MR) is 131 cm³/mol. The number of nitrogens with zero attached hydrogens (tertiary/aromatic N) is 4. The molecule has 2 aromatic carbocycles. The molecule has 0 radical (unpaired) electrons. The van der Waals surface area contributed by atoms with E-state index >= 15 is 0 Å². The molecule has 0 spiro atoms. The van der Waals surface area contributed by atoms with Gasteiger partial charge >= 0.3 is 0 Å². The second kappa shape index (κ2) is 9.55. The van der Waals surface area contributed by atoms with E-state index in [1.54, 1.807) is 4.90 Å². The number of carbonyl (C=O) groups is 3. The molecule has 6 rings (SSSR count). The average Bonchev–Trinajstić information content (AvgIpc) is 3.60. The highest BCUT2D eigenvalue weighted by atomic mass is 16.7. The number of rotatable bonds is 6. The number of anilines is 1. The molecule has 36 heavy (non-hydrogen) atoms. The minimum Gasteiger partial charge on any atom is -0.454 e. The molecule has 3 fully saturated rings. The number of ether oxygens (including phenoxy) is 2. The molecule has 0 saturated carbocycles. The third kappa shape index (κ3) is 4.44. The summed E-state index contributed by atoms with van der Waals surface area (Å²) >= 11 is 0. The quantitative estimate of drug-likeness (QED) is 0.573. The molecule has 9 nitrogen and oxygen atoms in total. The summed E-state index contributed by atoms with van der Waals surface area (Å²) < 4.78 is 10.9. The topological polar surface area (TPSA) is 82.6 Å². The third-order valence-electron chi connectivity index (χ3n) is 7.57. The van der Waals surface area contributed by atoms with Gasteiger partial charge in [0.2, 0.25) is 24.5 Å². The van der Waals surface area contributed by atoms with E-state index in [2.05, 4.69) is 15.9 Å². The van der Waals surface area contributed by atoms with E-state index < -0.39 is 0 Å². The van der Waals surface area contributed by atoms with Gasteiger partial charge in [-0.15, -0.1) is 0 Å². The van der Waals surface area contributed by atoms with Gasteiger partial charge in [0.05, 0.1) is 19.0 Å². The molecule has 4 heterocycles. The monoisotopic (exact) mass is 490 g/mol. The first kappa shape index (κ1) is 23.0. The van der Waals surface area contributed by atoms with Crippen molar-refractivity contribution in [2.75, 3.05) is 44.4 Å². The molecule has 2 aromatic rings. The second-order valence-corrected chi connectivity index (χ2v) is 9.85.